The predicted octanol–water partition coefficient (Wildman–Crippen LogP) is 2.05. The average molecular weight is 330 g/mol. The van der Waals surface area contributed by atoms with Crippen LogP contribution in [0, 0.1) is 10.1 Å². The van der Waals surface area contributed by atoms with Crippen molar-refractivity contribution in [2.24, 2.45) is 0 Å². The summed E-state index contributed by atoms with van der Waals surface area (Å²) in [4.78, 5) is 21.0. The third-order valence-electron chi connectivity index (χ3n) is 3.05. The van der Waals surface area contributed by atoms with Crippen LogP contribution in [0.15, 0.2) is 23.1 Å². The van der Waals surface area contributed by atoms with E-state index in [0.717, 1.165) is 24.8 Å². The summed E-state index contributed by atoms with van der Waals surface area (Å²) in [6, 6.07) is 2.32. The van der Waals surface area contributed by atoms with Crippen molar-refractivity contribution >= 4 is 27.2 Å². The number of anilines is 1. The third kappa shape index (κ3) is 4.69. The molecule has 0 saturated heterocycles. The molecule has 1 rings (SSSR count). The van der Waals surface area contributed by atoms with Crippen molar-refractivity contribution in [2.75, 3.05) is 11.6 Å². The Balaban J connectivity index is 3.22. The summed E-state index contributed by atoms with van der Waals surface area (Å²) in [6.45, 7) is 1.91. The molecule has 1 aromatic carbocycles. The van der Waals surface area contributed by atoms with Gasteiger partial charge in [-0.25, -0.2) is 13.2 Å². The fourth-order valence-corrected chi connectivity index (χ4v) is 2.77. The number of carboxylic acid groups (broad SMARTS) is 1. The summed E-state index contributed by atoms with van der Waals surface area (Å²) in [5, 5.41) is 22.6. The molecule has 0 heterocycles. The molecule has 22 heavy (non-hydrogen) atoms. The van der Waals surface area contributed by atoms with Crippen LogP contribution in [-0.2, 0) is 14.6 Å². The molecule has 0 fully saturated rings. The van der Waals surface area contributed by atoms with Gasteiger partial charge in [0.25, 0.3) is 5.69 Å². The lowest BCUT2D eigenvalue weighted by atomic mass is 10.1. The van der Waals surface area contributed by atoms with E-state index in [1.54, 1.807) is 0 Å². The smallest absolute Gasteiger partial charge is 0.326 e. The summed E-state index contributed by atoms with van der Waals surface area (Å²) < 4.78 is 23.6. The molecule has 0 aliphatic carbocycles. The van der Waals surface area contributed by atoms with Gasteiger partial charge in [0, 0.05) is 18.4 Å². The lowest BCUT2D eigenvalue weighted by Gasteiger charge is -2.17. The fraction of sp³-hybridized carbons (Fsp3) is 0.462. The number of carboxylic acids is 1. The van der Waals surface area contributed by atoms with Gasteiger partial charge < -0.3 is 10.4 Å². The third-order valence-corrected chi connectivity index (χ3v) is 4.19. The molecule has 1 atom stereocenters. The highest BCUT2D eigenvalue weighted by Gasteiger charge is 2.23. The van der Waals surface area contributed by atoms with E-state index >= 15 is 0 Å². The maximum absolute atomic E-state index is 11.8. The van der Waals surface area contributed by atoms with Crippen LogP contribution in [0.1, 0.15) is 26.2 Å². The molecule has 9 heteroatoms. The van der Waals surface area contributed by atoms with Gasteiger partial charge >= 0.3 is 5.97 Å². The Morgan fingerprint density at radius 1 is 1.45 bits per heavy atom. The topological polar surface area (TPSA) is 127 Å². The van der Waals surface area contributed by atoms with Gasteiger partial charge in [-0.3, -0.25) is 10.1 Å². The molecule has 0 aromatic heterocycles. The highest BCUT2D eigenvalue weighted by atomic mass is 32.2. The monoisotopic (exact) mass is 330 g/mol. The first kappa shape index (κ1) is 17.9. The molecular weight excluding hydrogens is 312 g/mol. The average Bonchev–Trinajstić information content (AvgIpc) is 2.41. The predicted molar refractivity (Wildman–Crippen MR) is 80.8 cm³/mol. The standard InChI is InChI=1S/C13H18N2O6S/c1-3-4-5-11(13(16)17)14-10-7-6-9(15(18)19)8-12(10)22(2,20)21/h6-8,11,14H,3-5H2,1-2H3,(H,16,17). The quantitative estimate of drug-likeness (QED) is 0.551. The van der Waals surface area contributed by atoms with Gasteiger partial charge in [0.15, 0.2) is 9.84 Å². The summed E-state index contributed by atoms with van der Waals surface area (Å²) in [6.07, 6.45) is 2.70. The molecule has 1 unspecified atom stereocenters. The summed E-state index contributed by atoms with van der Waals surface area (Å²) in [7, 11) is -3.74. The molecule has 0 aliphatic heterocycles. The van der Waals surface area contributed by atoms with Gasteiger partial charge in [0.1, 0.15) is 6.04 Å². The Kier molecular flexibility index (Phi) is 5.86. The number of nitro benzene ring substituents is 1. The lowest BCUT2D eigenvalue weighted by molar-refractivity contribution is -0.385. The fourth-order valence-electron chi connectivity index (χ4n) is 1.90. The van der Waals surface area contributed by atoms with E-state index in [4.69, 9.17) is 0 Å². The molecule has 0 amide bonds. The van der Waals surface area contributed by atoms with Crippen LogP contribution in [0.5, 0.6) is 0 Å². The van der Waals surface area contributed by atoms with Crippen molar-refractivity contribution in [3.63, 3.8) is 0 Å². The van der Waals surface area contributed by atoms with E-state index in [-0.39, 0.29) is 16.3 Å². The van der Waals surface area contributed by atoms with Gasteiger partial charge in [-0.05, 0) is 12.5 Å². The number of benzene rings is 1. The number of hydrogen-bond acceptors (Lipinski definition) is 6. The van der Waals surface area contributed by atoms with Gasteiger partial charge in [0.2, 0.25) is 0 Å². The second kappa shape index (κ2) is 7.21. The number of nitrogens with one attached hydrogen (secondary N) is 1. The summed E-state index contributed by atoms with van der Waals surface area (Å²) >= 11 is 0. The molecule has 8 nitrogen and oxygen atoms in total. The van der Waals surface area contributed by atoms with Crippen molar-refractivity contribution in [2.45, 2.75) is 37.1 Å². The first-order valence-corrected chi connectivity index (χ1v) is 8.53. The Labute approximate surface area is 128 Å². The van der Waals surface area contributed by atoms with Gasteiger partial charge in [-0.15, -0.1) is 0 Å². The van der Waals surface area contributed by atoms with Crippen LogP contribution in [0.25, 0.3) is 0 Å². The van der Waals surface area contributed by atoms with E-state index in [2.05, 4.69) is 5.32 Å². The second-order valence-electron chi connectivity index (χ2n) is 4.89. The molecule has 0 bridgehead atoms. The Hall–Kier alpha value is -2.16. The van der Waals surface area contributed by atoms with Crippen molar-refractivity contribution in [1.82, 2.24) is 0 Å². The molecule has 2 N–H and O–H groups in total. The van der Waals surface area contributed by atoms with Gasteiger partial charge in [-0.2, -0.15) is 0 Å². The largest absolute Gasteiger partial charge is 0.480 e. The maximum atomic E-state index is 11.8. The number of nitrogens with zero attached hydrogens (tertiary/aromatic N) is 1. The molecular formula is C13H18N2O6S. The van der Waals surface area contributed by atoms with Crippen molar-refractivity contribution in [1.29, 1.82) is 0 Å². The van der Waals surface area contributed by atoms with E-state index in [0.29, 0.717) is 12.8 Å². The molecule has 0 spiro atoms. The van der Waals surface area contributed by atoms with E-state index in [1.807, 2.05) is 6.92 Å². The Morgan fingerprint density at radius 3 is 2.55 bits per heavy atom. The number of hydrogen-bond donors (Lipinski definition) is 2. The first-order chi connectivity index (χ1) is 10.2. The summed E-state index contributed by atoms with van der Waals surface area (Å²) in [5.41, 5.74) is -0.317. The number of carbonyl (C=O) groups is 1. The highest BCUT2D eigenvalue weighted by molar-refractivity contribution is 7.90. The van der Waals surface area contributed by atoms with Gasteiger partial charge in [0.05, 0.1) is 15.5 Å². The molecule has 122 valence electrons. The van der Waals surface area contributed by atoms with E-state index in [1.165, 1.54) is 6.07 Å². The number of nitro groups is 1. The van der Waals surface area contributed by atoms with Crippen LogP contribution in [0.2, 0.25) is 0 Å². The number of non-ortho nitro benzene ring substituents is 1. The minimum absolute atomic E-state index is 0.0524. The molecule has 0 aliphatic rings. The molecule has 1 aromatic rings. The van der Waals surface area contributed by atoms with Crippen molar-refractivity contribution in [3.8, 4) is 0 Å². The number of aliphatic carboxylic acids is 1. The molecule has 0 radical (unpaired) electrons. The van der Waals surface area contributed by atoms with Crippen LogP contribution in [-0.4, -0.2) is 36.7 Å². The zero-order valence-corrected chi connectivity index (χ0v) is 13.1. The maximum Gasteiger partial charge on any atom is 0.326 e. The van der Waals surface area contributed by atoms with Crippen LogP contribution in [0.3, 0.4) is 0 Å². The molecule has 0 saturated carbocycles. The summed E-state index contributed by atoms with van der Waals surface area (Å²) in [5.74, 6) is -1.11. The minimum atomic E-state index is -3.74. The number of sulfone groups is 1. The van der Waals surface area contributed by atoms with Crippen LogP contribution < -0.4 is 5.32 Å². The minimum Gasteiger partial charge on any atom is -0.480 e. The van der Waals surface area contributed by atoms with E-state index < -0.39 is 26.8 Å². The highest BCUT2D eigenvalue weighted by Crippen LogP contribution is 2.27. The van der Waals surface area contributed by atoms with Crippen LogP contribution >= 0.6 is 0 Å². The van der Waals surface area contributed by atoms with Crippen molar-refractivity contribution in [3.05, 3.63) is 28.3 Å². The zero-order chi connectivity index (χ0) is 16.9. The second-order valence-corrected chi connectivity index (χ2v) is 6.87. The normalized spacial score (nSPS) is 12.6. The SMILES string of the molecule is CCCCC(Nc1ccc([N+](=O)[O-])cc1S(C)(=O)=O)C(=O)O. The van der Waals surface area contributed by atoms with Crippen LogP contribution in [0.4, 0.5) is 11.4 Å². The number of unbranched alkanes of at least 4 members (excludes halogenated alkanes) is 1. The first-order valence-electron chi connectivity index (χ1n) is 6.64. The lowest BCUT2D eigenvalue weighted by Crippen LogP contribution is -2.29. The Bertz CT molecular complexity index is 671. The Morgan fingerprint density at radius 2 is 2.09 bits per heavy atom. The number of rotatable bonds is 8. The zero-order valence-electron chi connectivity index (χ0n) is 12.3. The van der Waals surface area contributed by atoms with Gasteiger partial charge in [-0.1, -0.05) is 19.8 Å². The van der Waals surface area contributed by atoms with Crippen molar-refractivity contribution < 1.29 is 23.2 Å². The van der Waals surface area contributed by atoms with E-state index in [9.17, 15) is 28.4 Å².